The zero-order valence-electron chi connectivity index (χ0n) is 15.4. The Morgan fingerprint density at radius 3 is 2.84 bits per heavy atom. The molecule has 1 unspecified atom stereocenters. The van der Waals surface area contributed by atoms with Gasteiger partial charge in [-0.15, -0.1) is 0 Å². The number of nitrogens with zero attached hydrogens (tertiary/aromatic N) is 2. The molecule has 3 rings (SSSR count). The van der Waals surface area contributed by atoms with E-state index in [9.17, 15) is 0 Å². The second-order valence-corrected chi connectivity index (χ2v) is 7.22. The highest BCUT2D eigenvalue weighted by Gasteiger charge is 2.22. The molecule has 138 valence electrons. The molecule has 0 bridgehead atoms. The standard InChI is InChI=1S/C20H32N4O/c1-21-20(22-11-13-25-16-18-9-10-18)23-19-8-5-12-24(15-19)14-17-6-3-2-4-7-17/h2-4,6-7,18-19H,5,8-16H2,1H3,(H2,21,22,23). The van der Waals surface area contributed by atoms with Crippen molar-refractivity contribution >= 4 is 5.96 Å². The molecule has 1 atom stereocenters. The van der Waals surface area contributed by atoms with Crippen molar-refractivity contribution in [3.63, 3.8) is 0 Å². The number of nitrogens with one attached hydrogen (secondary N) is 2. The van der Waals surface area contributed by atoms with Gasteiger partial charge in [-0.25, -0.2) is 0 Å². The van der Waals surface area contributed by atoms with E-state index in [1.165, 1.54) is 37.8 Å². The van der Waals surface area contributed by atoms with Crippen LogP contribution in [0, 0.1) is 5.92 Å². The van der Waals surface area contributed by atoms with Gasteiger partial charge in [-0.2, -0.15) is 0 Å². The number of likely N-dealkylation sites (tertiary alicyclic amines) is 1. The molecule has 5 heteroatoms. The molecule has 0 aromatic heterocycles. The zero-order valence-corrected chi connectivity index (χ0v) is 15.4. The van der Waals surface area contributed by atoms with Crippen molar-refractivity contribution in [2.45, 2.75) is 38.3 Å². The van der Waals surface area contributed by atoms with E-state index in [1.54, 1.807) is 0 Å². The number of rotatable bonds is 8. The summed E-state index contributed by atoms with van der Waals surface area (Å²) in [5.41, 5.74) is 1.39. The van der Waals surface area contributed by atoms with Gasteiger partial charge in [0.05, 0.1) is 6.61 Å². The average molecular weight is 345 g/mol. The van der Waals surface area contributed by atoms with Crippen LogP contribution in [0.1, 0.15) is 31.2 Å². The van der Waals surface area contributed by atoms with Gasteiger partial charge in [0.25, 0.3) is 0 Å². The lowest BCUT2D eigenvalue weighted by molar-refractivity contribution is 0.128. The number of piperidine rings is 1. The van der Waals surface area contributed by atoms with Crippen LogP contribution >= 0.6 is 0 Å². The summed E-state index contributed by atoms with van der Waals surface area (Å²) < 4.78 is 5.67. The van der Waals surface area contributed by atoms with Crippen molar-refractivity contribution in [1.29, 1.82) is 0 Å². The molecule has 1 aromatic rings. The molecule has 1 aliphatic carbocycles. The molecule has 0 spiro atoms. The van der Waals surface area contributed by atoms with E-state index in [-0.39, 0.29) is 0 Å². The molecular weight excluding hydrogens is 312 g/mol. The van der Waals surface area contributed by atoms with Crippen molar-refractivity contribution in [2.75, 3.05) is 39.9 Å². The topological polar surface area (TPSA) is 48.9 Å². The molecule has 2 N–H and O–H groups in total. The van der Waals surface area contributed by atoms with Crippen LogP contribution in [-0.2, 0) is 11.3 Å². The first-order valence-corrected chi connectivity index (χ1v) is 9.64. The largest absolute Gasteiger partial charge is 0.379 e. The summed E-state index contributed by atoms with van der Waals surface area (Å²) in [6.07, 6.45) is 5.12. The summed E-state index contributed by atoms with van der Waals surface area (Å²) in [4.78, 5) is 6.89. The van der Waals surface area contributed by atoms with Crippen LogP contribution in [0.25, 0.3) is 0 Å². The number of hydrogen-bond donors (Lipinski definition) is 2. The number of aliphatic imine (C=N–C) groups is 1. The zero-order chi connectivity index (χ0) is 17.3. The van der Waals surface area contributed by atoms with Crippen LogP contribution < -0.4 is 10.6 Å². The number of benzene rings is 1. The number of hydrogen-bond acceptors (Lipinski definition) is 3. The minimum Gasteiger partial charge on any atom is -0.379 e. The highest BCUT2D eigenvalue weighted by molar-refractivity contribution is 5.79. The summed E-state index contributed by atoms with van der Waals surface area (Å²) in [6, 6.07) is 11.2. The van der Waals surface area contributed by atoms with E-state index >= 15 is 0 Å². The normalized spacial score (nSPS) is 22.0. The maximum Gasteiger partial charge on any atom is 0.191 e. The SMILES string of the molecule is CN=C(NCCOCC1CC1)NC1CCCN(Cc2ccccc2)C1. The summed E-state index contributed by atoms with van der Waals surface area (Å²) in [5, 5.41) is 6.95. The van der Waals surface area contributed by atoms with Crippen molar-refractivity contribution in [1.82, 2.24) is 15.5 Å². The second kappa shape index (κ2) is 9.78. The Hall–Kier alpha value is -1.59. The smallest absolute Gasteiger partial charge is 0.191 e. The first-order valence-electron chi connectivity index (χ1n) is 9.64. The van der Waals surface area contributed by atoms with Gasteiger partial charge in [-0.3, -0.25) is 9.89 Å². The van der Waals surface area contributed by atoms with Crippen LogP contribution in [0.15, 0.2) is 35.3 Å². The molecule has 25 heavy (non-hydrogen) atoms. The number of guanidine groups is 1. The lowest BCUT2D eigenvalue weighted by atomic mass is 10.0. The van der Waals surface area contributed by atoms with Crippen LogP contribution in [0.2, 0.25) is 0 Å². The van der Waals surface area contributed by atoms with Crippen LogP contribution in [0.3, 0.4) is 0 Å². The molecule has 0 radical (unpaired) electrons. The molecule has 1 saturated carbocycles. The van der Waals surface area contributed by atoms with E-state index in [2.05, 4.69) is 50.9 Å². The van der Waals surface area contributed by atoms with Crippen molar-refractivity contribution in [3.8, 4) is 0 Å². The highest BCUT2D eigenvalue weighted by Crippen LogP contribution is 2.28. The highest BCUT2D eigenvalue weighted by atomic mass is 16.5. The van der Waals surface area contributed by atoms with Gasteiger partial charge in [0, 0.05) is 39.3 Å². The summed E-state index contributed by atoms with van der Waals surface area (Å²) in [5.74, 6) is 1.72. The predicted octanol–water partition coefficient (Wildman–Crippen LogP) is 2.24. The summed E-state index contributed by atoms with van der Waals surface area (Å²) in [6.45, 7) is 5.75. The van der Waals surface area contributed by atoms with Gasteiger partial charge < -0.3 is 15.4 Å². The quantitative estimate of drug-likeness (QED) is 0.431. The molecule has 1 heterocycles. The third-order valence-corrected chi connectivity index (χ3v) is 4.91. The maximum absolute atomic E-state index is 5.67. The lowest BCUT2D eigenvalue weighted by Crippen LogP contribution is -2.51. The third-order valence-electron chi connectivity index (χ3n) is 4.91. The van der Waals surface area contributed by atoms with Crippen LogP contribution in [0.4, 0.5) is 0 Å². The fourth-order valence-corrected chi connectivity index (χ4v) is 3.32. The third kappa shape index (κ3) is 6.67. The van der Waals surface area contributed by atoms with E-state index in [1.807, 2.05) is 7.05 Å². The van der Waals surface area contributed by atoms with Crippen molar-refractivity contribution in [3.05, 3.63) is 35.9 Å². The molecule has 1 saturated heterocycles. The summed E-state index contributed by atoms with van der Waals surface area (Å²) >= 11 is 0. The fourth-order valence-electron chi connectivity index (χ4n) is 3.32. The Bertz CT molecular complexity index is 530. The minimum absolute atomic E-state index is 0.455. The molecule has 2 fully saturated rings. The molecule has 0 amide bonds. The molecule has 1 aliphatic heterocycles. The summed E-state index contributed by atoms with van der Waals surface area (Å²) in [7, 11) is 1.84. The van der Waals surface area contributed by atoms with E-state index in [4.69, 9.17) is 4.74 Å². The first kappa shape index (κ1) is 18.2. The van der Waals surface area contributed by atoms with Crippen LogP contribution in [0.5, 0.6) is 0 Å². The van der Waals surface area contributed by atoms with Gasteiger partial charge >= 0.3 is 0 Å². The van der Waals surface area contributed by atoms with Gasteiger partial charge in [0.1, 0.15) is 0 Å². The van der Waals surface area contributed by atoms with Gasteiger partial charge in [-0.1, -0.05) is 30.3 Å². The average Bonchev–Trinajstić information content (AvgIpc) is 3.46. The molecular formula is C20H32N4O. The Labute approximate surface area is 151 Å². The van der Waals surface area contributed by atoms with E-state index < -0.39 is 0 Å². The fraction of sp³-hybridized carbons (Fsp3) is 0.650. The monoisotopic (exact) mass is 344 g/mol. The Morgan fingerprint density at radius 2 is 2.08 bits per heavy atom. The van der Waals surface area contributed by atoms with Crippen LogP contribution in [-0.4, -0.2) is 56.8 Å². The predicted molar refractivity (Wildman–Crippen MR) is 103 cm³/mol. The Balaban J connectivity index is 1.36. The maximum atomic E-state index is 5.67. The van der Waals surface area contributed by atoms with E-state index in [0.29, 0.717) is 6.04 Å². The van der Waals surface area contributed by atoms with Gasteiger partial charge in [0.15, 0.2) is 5.96 Å². The first-order chi connectivity index (χ1) is 12.3. The van der Waals surface area contributed by atoms with E-state index in [0.717, 1.165) is 44.7 Å². The molecule has 2 aliphatic rings. The Kier molecular flexibility index (Phi) is 7.12. The lowest BCUT2D eigenvalue weighted by Gasteiger charge is -2.34. The van der Waals surface area contributed by atoms with Gasteiger partial charge in [0.2, 0.25) is 0 Å². The number of ether oxygens (including phenoxy) is 1. The van der Waals surface area contributed by atoms with Crippen molar-refractivity contribution in [2.24, 2.45) is 10.9 Å². The molecule has 1 aromatic carbocycles. The molecule has 5 nitrogen and oxygen atoms in total. The second-order valence-electron chi connectivity index (χ2n) is 7.22. The minimum atomic E-state index is 0.455. The van der Waals surface area contributed by atoms with Crippen molar-refractivity contribution < 1.29 is 4.74 Å². The van der Waals surface area contributed by atoms with Gasteiger partial charge in [-0.05, 0) is 43.7 Å². The Morgan fingerprint density at radius 1 is 1.24 bits per heavy atom.